The average molecular weight is 326 g/mol. The molecule has 0 amide bonds. The van der Waals surface area contributed by atoms with Gasteiger partial charge in [-0.2, -0.15) is 0 Å². The largest absolute Gasteiger partial charge is 0.478 e. The molecule has 0 radical (unpaired) electrons. The van der Waals surface area contributed by atoms with E-state index in [1.54, 1.807) is 4.90 Å². The van der Waals surface area contributed by atoms with E-state index in [1.807, 2.05) is 32.3 Å². The van der Waals surface area contributed by atoms with E-state index in [4.69, 9.17) is 0 Å². The smallest absolute Gasteiger partial charge is 0.340 e. The Kier molecular flexibility index (Phi) is 5.27. The molecule has 0 aliphatic rings. The first-order valence-electron chi connectivity index (χ1n) is 8.28. The van der Waals surface area contributed by atoms with Crippen molar-refractivity contribution in [1.82, 2.24) is 4.98 Å². The average Bonchev–Trinajstić information content (AvgIpc) is 2.53. The van der Waals surface area contributed by atoms with E-state index < -0.39 is 5.97 Å². The number of carboxylic acids is 1. The van der Waals surface area contributed by atoms with Crippen LogP contribution in [0.1, 0.15) is 61.1 Å². The summed E-state index contributed by atoms with van der Waals surface area (Å²) in [5, 5.41) is 9.76. The number of benzene rings is 1. The maximum absolute atomic E-state index is 11.9. The standard InChI is InChI=1S/C20H26N2O2/c1-12(2)14-7-9-15(10-8-14)16-11-17(13(3)4)21-19(22(5)6)18(16)20(23)24/h7-13H,1-6H3,(H,23,24). The number of nitrogens with zero attached hydrogens (tertiary/aromatic N) is 2. The zero-order valence-electron chi connectivity index (χ0n) is 15.3. The van der Waals surface area contributed by atoms with Crippen molar-refractivity contribution in [1.29, 1.82) is 0 Å². The fourth-order valence-corrected chi connectivity index (χ4v) is 2.66. The van der Waals surface area contributed by atoms with E-state index in [0.717, 1.165) is 16.8 Å². The molecular weight excluding hydrogens is 300 g/mol. The normalized spacial score (nSPS) is 11.2. The topological polar surface area (TPSA) is 53.4 Å². The van der Waals surface area contributed by atoms with Gasteiger partial charge in [0.1, 0.15) is 11.4 Å². The number of carbonyl (C=O) groups is 1. The molecule has 2 aromatic rings. The molecule has 0 atom stereocenters. The van der Waals surface area contributed by atoms with Crippen LogP contribution in [0.5, 0.6) is 0 Å². The highest BCUT2D eigenvalue weighted by Crippen LogP contribution is 2.33. The van der Waals surface area contributed by atoms with Crippen molar-refractivity contribution in [2.45, 2.75) is 39.5 Å². The third-order valence-corrected chi connectivity index (χ3v) is 4.14. The third-order valence-electron chi connectivity index (χ3n) is 4.14. The number of aromatic nitrogens is 1. The van der Waals surface area contributed by atoms with Gasteiger partial charge in [-0.25, -0.2) is 9.78 Å². The van der Waals surface area contributed by atoms with Gasteiger partial charge in [-0.15, -0.1) is 0 Å². The van der Waals surface area contributed by atoms with Gasteiger partial charge in [-0.3, -0.25) is 0 Å². The van der Waals surface area contributed by atoms with E-state index in [0.29, 0.717) is 11.7 Å². The summed E-state index contributed by atoms with van der Waals surface area (Å²) in [6.07, 6.45) is 0. The van der Waals surface area contributed by atoms with Crippen LogP contribution in [-0.2, 0) is 0 Å². The second-order valence-electron chi connectivity index (χ2n) is 6.92. The van der Waals surface area contributed by atoms with Gasteiger partial charge in [0.15, 0.2) is 0 Å². The van der Waals surface area contributed by atoms with Gasteiger partial charge in [0.05, 0.1) is 0 Å². The van der Waals surface area contributed by atoms with Crippen LogP contribution in [0.25, 0.3) is 11.1 Å². The van der Waals surface area contributed by atoms with Crippen molar-refractivity contribution >= 4 is 11.8 Å². The Hall–Kier alpha value is -2.36. The molecule has 0 saturated carbocycles. The summed E-state index contributed by atoms with van der Waals surface area (Å²) < 4.78 is 0. The maximum Gasteiger partial charge on any atom is 0.340 e. The SMILES string of the molecule is CC(C)c1ccc(-c2cc(C(C)C)nc(N(C)C)c2C(=O)O)cc1. The van der Waals surface area contributed by atoms with Crippen LogP contribution in [0.2, 0.25) is 0 Å². The van der Waals surface area contributed by atoms with Crippen LogP contribution in [0.4, 0.5) is 5.82 Å². The molecule has 0 spiro atoms. The van der Waals surface area contributed by atoms with Crippen LogP contribution >= 0.6 is 0 Å². The Bertz CT molecular complexity index is 732. The first-order chi connectivity index (χ1) is 11.2. The molecule has 2 rings (SSSR count). The fraction of sp³-hybridized carbons (Fsp3) is 0.400. The molecule has 1 aromatic heterocycles. The molecule has 1 N–H and O–H groups in total. The predicted octanol–water partition coefficient (Wildman–Crippen LogP) is 4.76. The van der Waals surface area contributed by atoms with E-state index in [1.165, 1.54) is 5.56 Å². The molecule has 0 unspecified atom stereocenters. The minimum atomic E-state index is -0.954. The number of carboxylic acid groups (broad SMARTS) is 1. The van der Waals surface area contributed by atoms with Gasteiger partial charge in [-0.1, -0.05) is 52.0 Å². The van der Waals surface area contributed by atoms with Crippen LogP contribution in [-0.4, -0.2) is 30.2 Å². The van der Waals surface area contributed by atoms with Crippen LogP contribution in [0.15, 0.2) is 30.3 Å². The molecule has 0 fully saturated rings. The minimum Gasteiger partial charge on any atom is -0.478 e. The van der Waals surface area contributed by atoms with Gasteiger partial charge in [0, 0.05) is 25.4 Å². The van der Waals surface area contributed by atoms with Gasteiger partial charge >= 0.3 is 5.97 Å². The van der Waals surface area contributed by atoms with Crippen molar-refractivity contribution < 1.29 is 9.90 Å². The van der Waals surface area contributed by atoms with E-state index in [9.17, 15) is 9.90 Å². The van der Waals surface area contributed by atoms with Crippen molar-refractivity contribution in [3.05, 3.63) is 47.2 Å². The number of rotatable bonds is 5. The number of aromatic carboxylic acids is 1. The van der Waals surface area contributed by atoms with Gasteiger partial charge in [0.25, 0.3) is 0 Å². The summed E-state index contributed by atoms with van der Waals surface area (Å²) in [4.78, 5) is 18.2. The van der Waals surface area contributed by atoms with E-state index in [2.05, 4.69) is 44.8 Å². The monoisotopic (exact) mass is 326 g/mol. The number of anilines is 1. The predicted molar refractivity (Wildman–Crippen MR) is 99.1 cm³/mol. The maximum atomic E-state index is 11.9. The van der Waals surface area contributed by atoms with Crippen LogP contribution in [0, 0.1) is 0 Å². The van der Waals surface area contributed by atoms with E-state index in [-0.39, 0.29) is 11.5 Å². The summed E-state index contributed by atoms with van der Waals surface area (Å²) >= 11 is 0. The zero-order chi connectivity index (χ0) is 18.0. The molecule has 0 saturated heterocycles. The number of hydrogen-bond acceptors (Lipinski definition) is 3. The quantitative estimate of drug-likeness (QED) is 0.860. The second kappa shape index (κ2) is 7.04. The lowest BCUT2D eigenvalue weighted by atomic mass is 9.94. The van der Waals surface area contributed by atoms with Gasteiger partial charge in [0.2, 0.25) is 0 Å². The molecule has 1 heterocycles. The molecule has 1 aromatic carbocycles. The van der Waals surface area contributed by atoms with Crippen molar-refractivity contribution in [3.8, 4) is 11.1 Å². The molecule has 24 heavy (non-hydrogen) atoms. The Balaban J connectivity index is 2.72. The highest BCUT2D eigenvalue weighted by atomic mass is 16.4. The Morgan fingerprint density at radius 2 is 1.62 bits per heavy atom. The number of pyridine rings is 1. The van der Waals surface area contributed by atoms with Crippen LogP contribution in [0.3, 0.4) is 0 Å². The summed E-state index contributed by atoms with van der Waals surface area (Å²) in [7, 11) is 3.65. The summed E-state index contributed by atoms with van der Waals surface area (Å²) in [5.74, 6) is 0.209. The summed E-state index contributed by atoms with van der Waals surface area (Å²) in [6.45, 7) is 8.41. The lowest BCUT2D eigenvalue weighted by Crippen LogP contribution is -2.18. The van der Waals surface area contributed by atoms with Gasteiger partial charge < -0.3 is 10.0 Å². The summed E-state index contributed by atoms with van der Waals surface area (Å²) in [5.41, 5.74) is 4.01. The first kappa shape index (κ1) is 18.0. The fourth-order valence-electron chi connectivity index (χ4n) is 2.66. The Morgan fingerprint density at radius 3 is 2.04 bits per heavy atom. The van der Waals surface area contributed by atoms with E-state index >= 15 is 0 Å². The molecule has 0 aliphatic heterocycles. The first-order valence-corrected chi connectivity index (χ1v) is 8.28. The summed E-state index contributed by atoms with van der Waals surface area (Å²) in [6, 6.07) is 10.0. The Morgan fingerprint density at radius 1 is 1.04 bits per heavy atom. The highest BCUT2D eigenvalue weighted by Gasteiger charge is 2.22. The van der Waals surface area contributed by atoms with Crippen molar-refractivity contribution in [3.63, 3.8) is 0 Å². The zero-order valence-corrected chi connectivity index (χ0v) is 15.3. The highest BCUT2D eigenvalue weighted by molar-refractivity contribution is 6.01. The van der Waals surface area contributed by atoms with Crippen LogP contribution < -0.4 is 4.90 Å². The molecule has 0 bridgehead atoms. The Labute approximate surface area is 144 Å². The molecule has 4 nitrogen and oxygen atoms in total. The van der Waals surface area contributed by atoms with Crippen molar-refractivity contribution in [2.24, 2.45) is 0 Å². The minimum absolute atomic E-state index is 0.222. The second-order valence-corrected chi connectivity index (χ2v) is 6.92. The molecule has 0 aliphatic carbocycles. The van der Waals surface area contributed by atoms with Gasteiger partial charge in [-0.05, 0) is 29.0 Å². The molecular formula is C20H26N2O2. The number of hydrogen-bond donors (Lipinski definition) is 1. The lowest BCUT2D eigenvalue weighted by molar-refractivity contribution is 0.0698. The lowest BCUT2D eigenvalue weighted by Gasteiger charge is -2.20. The third kappa shape index (κ3) is 3.58. The van der Waals surface area contributed by atoms with Crippen molar-refractivity contribution in [2.75, 3.05) is 19.0 Å². The molecule has 4 heteroatoms. The molecule has 128 valence electrons.